The van der Waals surface area contributed by atoms with Crippen molar-refractivity contribution in [2.45, 2.75) is 83.8 Å². The zero-order valence-corrected chi connectivity index (χ0v) is 22.8. The van der Waals surface area contributed by atoms with Crippen molar-refractivity contribution in [2.24, 2.45) is 40.4 Å². The summed E-state index contributed by atoms with van der Waals surface area (Å²) in [6.45, 7) is 5.61. The van der Waals surface area contributed by atoms with Crippen LogP contribution in [0.3, 0.4) is 0 Å². The first-order valence-electron chi connectivity index (χ1n) is 14.0. The fourth-order valence-electron chi connectivity index (χ4n) is 9.75. The van der Waals surface area contributed by atoms with Crippen LogP contribution in [0.15, 0.2) is 24.4 Å². The first-order valence-corrected chi connectivity index (χ1v) is 14.4. The SMILES string of the molecule is COCC12CCC(C)(O)CC1CCC1C3CCC(C(=O)Cn4ncc5cc(Cl)ccc54)C3(C)CCC12. The van der Waals surface area contributed by atoms with Crippen molar-refractivity contribution in [1.29, 1.82) is 0 Å². The summed E-state index contributed by atoms with van der Waals surface area (Å²) in [4.78, 5) is 13.8. The van der Waals surface area contributed by atoms with Crippen LogP contribution < -0.4 is 0 Å². The van der Waals surface area contributed by atoms with Crippen molar-refractivity contribution < 1.29 is 14.6 Å². The molecule has 2 aromatic rings. The Bertz CT molecular complexity index is 1160. The quantitative estimate of drug-likeness (QED) is 0.511. The first-order chi connectivity index (χ1) is 17.2. The topological polar surface area (TPSA) is 64.3 Å². The first kappa shape index (κ1) is 24.9. The molecular weight excluding hydrogens is 472 g/mol. The van der Waals surface area contributed by atoms with Crippen molar-refractivity contribution in [3.8, 4) is 0 Å². The highest BCUT2D eigenvalue weighted by molar-refractivity contribution is 6.31. The van der Waals surface area contributed by atoms with E-state index in [4.69, 9.17) is 16.3 Å². The molecule has 0 amide bonds. The van der Waals surface area contributed by atoms with Gasteiger partial charge in [-0.25, -0.2) is 0 Å². The van der Waals surface area contributed by atoms with Crippen molar-refractivity contribution in [2.75, 3.05) is 13.7 Å². The van der Waals surface area contributed by atoms with Gasteiger partial charge in [-0.05, 0) is 117 Å². The van der Waals surface area contributed by atoms with Crippen LogP contribution in [0.5, 0.6) is 0 Å². The molecule has 1 N–H and O–H groups in total. The Kier molecular flexibility index (Phi) is 6.09. The molecule has 0 spiro atoms. The molecular formula is C30H41ClN2O3. The molecule has 4 aliphatic rings. The minimum Gasteiger partial charge on any atom is -0.390 e. The zero-order valence-electron chi connectivity index (χ0n) is 22.0. The van der Waals surface area contributed by atoms with Gasteiger partial charge in [-0.2, -0.15) is 5.10 Å². The number of benzene rings is 1. The van der Waals surface area contributed by atoms with Gasteiger partial charge in [-0.1, -0.05) is 18.5 Å². The van der Waals surface area contributed by atoms with E-state index in [2.05, 4.69) is 12.0 Å². The van der Waals surface area contributed by atoms with E-state index in [9.17, 15) is 9.90 Å². The Hall–Kier alpha value is -1.43. The average Bonchev–Trinajstić information content (AvgIpc) is 3.39. The van der Waals surface area contributed by atoms with Gasteiger partial charge in [0.1, 0.15) is 6.54 Å². The molecule has 36 heavy (non-hydrogen) atoms. The molecule has 6 heteroatoms. The molecule has 0 saturated heterocycles. The molecule has 6 rings (SSSR count). The Morgan fingerprint density at radius 1 is 1.14 bits per heavy atom. The van der Waals surface area contributed by atoms with E-state index in [1.165, 1.54) is 19.3 Å². The lowest BCUT2D eigenvalue weighted by Crippen LogP contribution is -2.58. The molecule has 0 bridgehead atoms. The molecule has 8 atom stereocenters. The highest BCUT2D eigenvalue weighted by Crippen LogP contribution is 2.68. The smallest absolute Gasteiger partial charge is 0.157 e. The number of carbonyl (C=O) groups is 1. The maximum Gasteiger partial charge on any atom is 0.157 e. The summed E-state index contributed by atoms with van der Waals surface area (Å²) >= 11 is 6.15. The third-order valence-corrected chi connectivity index (χ3v) is 11.6. The van der Waals surface area contributed by atoms with E-state index in [0.29, 0.717) is 41.0 Å². The summed E-state index contributed by atoms with van der Waals surface area (Å²) in [6.07, 6.45) is 11.6. The number of Topliss-reactive ketones (excluding diaryl/α,β-unsaturated/α-hetero) is 1. The minimum atomic E-state index is -0.537. The molecule has 1 aromatic carbocycles. The Labute approximate surface area is 219 Å². The minimum absolute atomic E-state index is 0.0752. The fraction of sp³-hybridized carbons (Fsp3) is 0.733. The summed E-state index contributed by atoms with van der Waals surface area (Å²) in [7, 11) is 1.85. The van der Waals surface area contributed by atoms with Crippen LogP contribution in [0.1, 0.15) is 71.6 Å². The summed E-state index contributed by atoms with van der Waals surface area (Å²) in [6, 6.07) is 5.75. The molecule has 8 unspecified atom stereocenters. The molecule has 1 aromatic heterocycles. The number of rotatable bonds is 5. The third kappa shape index (κ3) is 3.79. The number of aromatic nitrogens is 2. The third-order valence-electron chi connectivity index (χ3n) is 11.4. The number of hydrogen-bond donors (Lipinski definition) is 1. The van der Waals surface area contributed by atoms with Gasteiger partial charge in [0.05, 0.1) is 23.9 Å². The number of nitrogens with zero attached hydrogens (tertiary/aromatic N) is 2. The lowest BCUT2D eigenvalue weighted by Gasteiger charge is -2.62. The van der Waals surface area contributed by atoms with Gasteiger partial charge >= 0.3 is 0 Å². The van der Waals surface area contributed by atoms with E-state index >= 15 is 0 Å². The summed E-state index contributed by atoms with van der Waals surface area (Å²) in [5.41, 5.74) is 0.707. The second-order valence-corrected chi connectivity index (χ2v) is 13.6. The van der Waals surface area contributed by atoms with Gasteiger partial charge in [0.25, 0.3) is 0 Å². The molecule has 4 fully saturated rings. The van der Waals surface area contributed by atoms with Crippen LogP contribution >= 0.6 is 11.6 Å². The van der Waals surface area contributed by atoms with Crippen molar-refractivity contribution in [1.82, 2.24) is 9.78 Å². The van der Waals surface area contributed by atoms with E-state index in [0.717, 1.165) is 56.0 Å². The van der Waals surface area contributed by atoms with Crippen molar-refractivity contribution in [3.63, 3.8) is 0 Å². The number of halogens is 1. The second-order valence-electron chi connectivity index (χ2n) is 13.2. The zero-order chi connectivity index (χ0) is 25.3. The standard InChI is InChI=1S/C30H41ClN2O3/c1-28(35)12-13-30(18-36-3)20(15-28)4-6-22-23-7-8-25(29(23,2)11-10-24(22)30)27(34)17-33-26-9-5-21(31)14-19(26)16-32-33/h5,9,14,16,20,22-25,35H,4,6-8,10-13,15,17-18H2,1-3H3. The normalized spacial score (nSPS) is 42.1. The Balaban J connectivity index is 1.23. The largest absolute Gasteiger partial charge is 0.390 e. The van der Waals surface area contributed by atoms with Crippen LogP contribution in [0.4, 0.5) is 0 Å². The number of hydrogen-bond acceptors (Lipinski definition) is 4. The highest BCUT2D eigenvalue weighted by Gasteiger charge is 2.63. The van der Waals surface area contributed by atoms with Gasteiger partial charge in [-0.15, -0.1) is 0 Å². The maximum absolute atomic E-state index is 13.8. The highest BCUT2D eigenvalue weighted by atomic mass is 35.5. The average molecular weight is 513 g/mol. The van der Waals surface area contributed by atoms with E-state index in [1.54, 1.807) is 0 Å². The molecule has 196 valence electrons. The van der Waals surface area contributed by atoms with Crippen LogP contribution in [0, 0.1) is 40.4 Å². The summed E-state index contributed by atoms with van der Waals surface area (Å²) < 4.78 is 7.77. The predicted molar refractivity (Wildman–Crippen MR) is 142 cm³/mol. The monoisotopic (exact) mass is 512 g/mol. The molecule has 0 aliphatic heterocycles. The lowest BCUT2D eigenvalue weighted by atomic mass is 9.43. The lowest BCUT2D eigenvalue weighted by molar-refractivity contribution is -0.175. The van der Waals surface area contributed by atoms with Crippen LogP contribution in [-0.4, -0.2) is 40.0 Å². The van der Waals surface area contributed by atoms with Gasteiger partial charge in [0, 0.05) is 23.4 Å². The van der Waals surface area contributed by atoms with E-state index in [1.807, 2.05) is 43.1 Å². The molecule has 5 nitrogen and oxygen atoms in total. The number of ketones is 1. The van der Waals surface area contributed by atoms with E-state index in [-0.39, 0.29) is 16.7 Å². The van der Waals surface area contributed by atoms with Gasteiger partial charge in [-0.3, -0.25) is 9.48 Å². The number of methoxy groups -OCH3 is 1. The molecule has 0 radical (unpaired) electrons. The van der Waals surface area contributed by atoms with Crippen LogP contribution in [-0.2, 0) is 16.1 Å². The predicted octanol–water partition coefficient (Wildman–Crippen LogP) is 6.30. The van der Waals surface area contributed by atoms with Crippen LogP contribution in [0.25, 0.3) is 10.9 Å². The van der Waals surface area contributed by atoms with Gasteiger partial charge in [0.15, 0.2) is 5.78 Å². The number of aliphatic hydroxyl groups is 1. The summed E-state index contributed by atoms with van der Waals surface area (Å²) in [5, 5.41) is 17.1. The van der Waals surface area contributed by atoms with Gasteiger partial charge in [0.2, 0.25) is 0 Å². The Morgan fingerprint density at radius 3 is 2.78 bits per heavy atom. The number of ether oxygens (including phenoxy) is 1. The molecule has 1 heterocycles. The van der Waals surface area contributed by atoms with Crippen molar-refractivity contribution >= 4 is 28.3 Å². The maximum atomic E-state index is 13.8. The fourth-order valence-corrected chi connectivity index (χ4v) is 9.93. The molecule has 4 aliphatic carbocycles. The number of fused-ring (bicyclic) bond motifs is 6. The van der Waals surface area contributed by atoms with Gasteiger partial charge < -0.3 is 9.84 Å². The van der Waals surface area contributed by atoms with Crippen molar-refractivity contribution in [3.05, 3.63) is 29.4 Å². The second kappa shape index (κ2) is 8.81. The molecule has 4 saturated carbocycles. The van der Waals surface area contributed by atoms with E-state index < -0.39 is 5.60 Å². The van der Waals surface area contributed by atoms with Crippen LogP contribution in [0.2, 0.25) is 5.02 Å². The summed E-state index contributed by atoms with van der Waals surface area (Å²) in [5.74, 6) is 2.93. The Morgan fingerprint density at radius 2 is 1.97 bits per heavy atom. The number of carbonyl (C=O) groups excluding carboxylic acids is 1.